The summed E-state index contributed by atoms with van der Waals surface area (Å²) < 4.78 is 11.1. The van der Waals surface area contributed by atoms with Gasteiger partial charge < -0.3 is 19.8 Å². The molecular weight excluding hydrogens is 464 g/mol. The van der Waals surface area contributed by atoms with Gasteiger partial charge in [-0.25, -0.2) is 0 Å². The van der Waals surface area contributed by atoms with E-state index < -0.39 is 0 Å². The Balaban J connectivity index is 1.27. The van der Waals surface area contributed by atoms with Crippen molar-refractivity contribution >= 4 is 40.4 Å². The van der Waals surface area contributed by atoms with Gasteiger partial charge in [-0.3, -0.25) is 9.59 Å². The van der Waals surface area contributed by atoms with Gasteiger partial charge in [0, 0.05) is 16.3 Å². The zero-order valence-corrected chi connectivity index (χ0v) is 19.1. The molecule has 2 N–H and O–H groups in total. The summed E-state index contributed by atoms with van der Waals surface area (Å²) in [5.74, 6) is 1.47. The molecule has 10 heteroatoms. The Labute approximate surface area is 198 Å². The summed E-state index contributed by atoms with van der Waals surface area (Å²) in [6.45, 7) is 2.31. The van der Waals surface area contributed by atoms with E-state index in [-0.39, 0.29) is 23.4 Å². The minimum atomic E-state index is -0.374. The molecule has 8 nitrogen and oxygen atoms in total. The summed E-state index contributed by atoms with van der Waals surface area (Å²) in [4.78, 5) is 24.6. The third-order valence-electron chi connectivity index (χ3n) is 4.44. The van der Waals surface area contributed by atoms with E-state index in [1.165, 1.54) is 0 Å². The van der Waals surface area contributed by atoms with Gasteiger partial charge in [0.15, 0.2) is 5.01 Å². The Morgan fingerprint density at radius 2 is 1.88 bits per heavy atom. The minimum absolute atomic E-state index is 0.144. The van der Waals surface area contributed by atoms with Gasteiger partial charge in [-0.15, -0.1) is 10.2 Å². The Kier molecular flexibility index (Phi) is 7.01. The van der Waals surface area contributed by atoms with Gasteiger partial charge in [0.2, 0.25) is 5.01 Å². The average Bonchev–Trinajstić information content (AvgIpc) is 3.45. The fourth-order valence-electron chi connectivity index (χ4n) is 2.85. The van der Waals surface area contributed by atoms with Crippen molar-refractivity contribution in [1.82, 2.24) is 15.5 Å². The van der Waals surface area contributed by atoms with E-state index in [2.05, 4.69) is 20.8 Å². The molecule has 0 aliphatic rings. The van der Waals surface area contributed by atoms with Gasteiger partial charge in [-0.1, -0.05) is 29.0 Å². The second-order valence-corrected chi connectivity index (χ2v) is 8.47. The lowest BCUT2D eigenvalue weighted by atomic mass is 10.2. The van der Waals surface area contributed by atoms with Crippen LogP contribution in [-0.4, -0.2) is 22.0 Å². The Bertz CT molecular complexity index is 1270. The van der Waals surface area contributed by atoms with Crippen LogP contribution in [0, 0.1) is 6.92 Å². The summed E-state index contributed by atoms with van der Waals surface area (Å²) >= 11 is 7.06. The molecule has 33 heavy (non-hydrogen) atoms. The zero-order valence-electron chi connectivity index (χ0n) is 17.5. The van der Waals surface area contributed by atoms with E-state index in [4.69, 9.17) is 20.8 Å². The quantitative estimate of drug-likeness (QED) is 0.371. The summed E-state index contributed by atoms with van der Waals surface area (Å²) in [5.41, 5.74) is 1.07. The molecule has 0 atom stereocenters. The standard InChI is InChI=1S/C23H19ClN4O4S/c1-14-5-8-19(32-14)12-25-21(29)15-6-9-18(10-7-15)31-13-20-27-28-23(33-20)22(30)26-17-4-2-3-16(24)11-17/h2-11H,12-13H2,1H3,(H,25,29)(H,26,30). The zero-order chi connectivity index (χ0) is 23.2. The molecular formula is C23H19ClN4O4S. The number of rotatable bonds is 8. The maximum absolute atomic E-state index is 12.3. The molecule has 4 aromatic rings. The summed E-state index contributed by atoms with van der Waals surface area (Å²) in [6.07, 6.45) is 0. The highest BCUT2D eigenvalue weighted by Crippen LogP contribution is 2.19. The molecule has 0 aliphatic heterocycles. The Morgan fingerprint density at radius 3 is 2.61 bits per heavy atom. The summed E-state index contributed by atoms with van der Waals surface area (Å²) in [5, 5.41) is 14.7. The second kappa shape index (κ2) is 10.3. The van der Waals surface area contributed by atoms with Crippen molar-refractivity contribution in [2.45, 2.75) is 20.1 Å². The normalized spacial score (nSPS) is 10.6. The number of nitrogens with one attached hydrogen (secondary N) is 2. The molecule has 0 radical (unpaired) electrons. The van der Waals surface area contributed by atoms with Crippen molar-refractivity contribution in [1.29, 1.82) is 0 Å². The number of hydrogen-bond donors (Lipinski definition) is 2. The number of benzene rings is 2. The predicted octanol–water partition coefficient (Wildman–Crippen LogP) is 4.85. The van der Waals surface area contributed by atoms with Crippen LogP contribution in [0.25, 0.3) is 0 Å². The third kappa shape index (κ3) is 6.18. The molecule has 0 aliphatic carbocycles. The van der Waals surface area contributed by atoms with Crippen LogP contribution in [0.15, 0.2) is 65.1 Å². The van der Waals surface area contributed by atoms with Crippen LogP contribution in [0.2, 0.25) is 5.02 Å². The monoisotopic (exact) mass is 482 g/mol. The summed E-state index contributed by atoms with van der Waals surface area (Å²) in [6, 6.07) is 17.2. The molecule has 2 aromatic carbocycles. The smallest absolute Gasteiger partial charge is 0.286 e. The lowest BCUT2D eigenvalue weighted by Crippen LogP contribution is -2.22. The van der Waals surface area contributed by atoms with Gasteiger partial charge in [-0.2, -0.15) is 0 Å². The molecule has 4 rings (SSSR count). The van der Waals surface area contributed by atoms with Crippen molar-refractivity contribution in [3.05, 3.63) is 92.8 Å². The lowest BCUT2D eigenvalue weighted by Gasteiger charge is -2.06. The predicted molar refractivity (Wildman–Crippen MR) is 125 cm³/mol. The molecule has 0 saturated carbocycles. The first-order valence-electron chi connectivity index (χ1n) is 9.92. The average molecular weight is 483 g/mol. The van der Waals surface area contributed by atoms with Crippen molar-refractivity contribution in [2.24, 2.45) is 0 Å². The van der Waals surface area contributed by atoms with Crippen LogP contribution in [0.3, 0.4) is 0 Å². The first-order valence-corrected chi connectivity index (χ1v) is 11.1. The fraction of sp³-hybridized carbons (Fsp3) is 0.130. The number of aromatic nitrogens is 2. The highest BCUT2D eigenvalue weighted by atomic mass is 35.5. The summed E-state index contributed by atoms with van der Waals surface area (Å²) in [7, 11) is 0. The first kappa shape index (κ1) is 22.5. The number of hydrogen-bond acceptors (Lipinski definition) is 7. The minimum Gasteiger partial charge on any atom is -0.486 e. The van der Waals surface area contributed by atoms with Gasteiger partial charge in [-0.05, 0) is 61.5 Å². The molecule has 0 bridgehead atoms. The van der Waals surface area contributed by atoms with Crippen LogP contribution in [0.1, 0.15) is 36.7 Å². The molecule has 168 valence electrons. The highest BCUT2D eigenvalue weighted by Gasteiger charge is 2.14. The molecule has 0 saturated heterocycles. The number of ether oxygens (including phenoxy) is 1. The van der Waals surface area contributed by atoms with Crippen LogP contribution >= 0.6 is 22.9 Å². The molecule has 0 fully saturated rings. The first-order chi connectivity index (χ1) is 16.0. The van der Waals surface area contributed by atoms with Gasteiger partial charge in [0.1, 0.15) is 23.9 Å². The van der Waals surface area contributed by atoms with Crippen LogP contribution in [0.4, 0.5) is 5.69 Å². The number of aryl methyl sites for hydroxylation is 1. The second-order valence-electron chi connectivity index (χ2n) is 6.97. The molecule has 0 spiro atoms. The van der Waals surface area contributed by atoms with E-state index in [1.807, 2.05) is 19.1 Å². The van der Waals surface area contributed by atoms with Gasteiger partial charge in [0.25, 0.3) is 11.8 Å². The molecule has 2 amide bonds. The maximum atomic E-state index is 12.3. The van der Waals surface area contributed by atoms with Crippen molar-refractivity contribution < 1.29 is 18.7 Å². The highest BCUT2D eigenvalue weighted by molar-refractivity contribution is 7.13. The number of halogens is 1. The van der Waals surface area contributed by atoms with E-state index in [1.54, 1.807) is 48.5 Å². The largest absolute Gasteiger partial charge is 0.486 e. The Morgan fingerprint density at radius 1 is 1.06 bits per heavy atom. The lowest BCUT2D eigenvalue weighted by molar-refractivity contribution is 0.0947. The van der Waals surface area contributed by atoms with Crippen LogP contribution in [0.5, 0.6) is 5.75 Å². The number of amides is 2. The molecule has 0 unspecified atom stereocenters. The van der Waals surface area contributed by atoms with Crippen molar-refractivity contribution in [3.8, 4) is 5.75 Å². The number of carbonyl (C=O) groups is 2. The van der Waals surface area contributed by atoms with E-state index in [0.717, 1.165) is 17.1 Å². The third-order valence-corrected chi connectivity index (χ3v) is 5.57. The van der Waals surface area contributed by atoms with Crippen LogP contribution in [-0.2, 0) is 13.2 Å². The SMILES string of the molecule is Cc1ccc(CNC(=O)c2ccc(OCc3nnc(C(=O)Nc4cccc(Cl)c4)s3)cc2)o1. The molecule has 2 heterocycles. The van der Waals surface area contributed by atoms with Crippen molar-refractivity contribution in [3.63, 3.8) is 0 Å². The van der Waals surface area contributed by atoms with E-state index in [0.29, 0.717) is 39.3 Å². The fourth-order valence-corrected chi connectivity index (χ4v) is 3.69. The van der Waals surface area contributed by atoms with Crippen LogP contribution < -0.4 is 15.4 Å². The van der Waals surface area contributed by atoms with E-state index in [9.17, 15) is 9.59 Å². The number of carbonyl (C=O) groups excluding carboxylic acids is 2. The topological polar surface area (TPSA) is 106 Å². The number of nitrogens with zero attached hydrogens (tertiary/aromatic N) is 2. The van der Waals surface area contributed by atoms with Crippen molar-refractivity contribution in [2.75, 3.05) is 5.32 Å². The van der Waals surface area contributed by atoms with Gasteiger partial charge >= 0.3 is 0 Å². The maximum Gasteiger partial charge on any atom is 0.286 e. The number of anilines is 1. The van der Waals surface area contributed by atoms with Gasteiger partial charge in [0.05, 0.1) is 6.54 Å². The molecule has 2 aromatic heterocycles. The number of furan rings is 1. The van der Waals surface area contributed by atoms with E-state index >= 15 is 0 Å². The Hall–Kier alpha value is -3.69.